The number of rotatable bonds is 5. The first-order chi connectivity index (χ1) is 10.0. The molecular weight excluding hydrogens is 343 g/mol. The third-order valence-corrected chi connectivity index (χ3v) is 3.59. The lowest BCUT2D eigenvalue weighted by Gasteiger charge is -2.10. The van der Waals surface area contributed by atoms with E-state index >= 15 is 0 Å². The van der Waals surface area contributed by atoms with Crippen molar-refractivity contribution in [1.29, 1.82) is 0 Å². The molecule has 0 aliphatic heterocycles. The molecule has 21 heavy (non-hydrogen) atoms. The average Bonchev–Trinajstić information content (AvgIpc) is 2.47. The molecule has 0 amide bonds. The Hall–Kier alpha value is -2.08. The third-order valence-electron chi connectivity index (χ3n) is 2.81. The molecule has 2 aromatic carbocycles. The van der Waals surface area contributed by atoms with E-state index in [2.05, 4.69) is 15.9 Å². The van der Waals surface area contributed by atoms with Crippen LogP contribution in [-0.2, 0) is 6.61 Å². The molecular formula is C15H12BrFO4. The van der Waals surface area contributed by atoms with Gasteiger partial charge in [0.05, 0.1) is 12.7 Å². The van der Waals surface area contributed by atoms with Crippen LogP contribution in [0.15, 0.2) is 40.9 Å². The molecule has 0 heterocycles. The van der Waals surface area contributed by atoms with Gasteiger partial charge in [0.2, 0.25) is 0 Å². The van der Waals surface area contributed by atoms with Crippen LogP contribution in [0.25, 0.3) is 0 Å². The lowest BCUT2D eigenvalue weighted by Crippen LogP contribution is -2.01. The largest absolute Gasteiger partial charge is 0.497 e. The van der Waals surface area contributed by atoms with Crippen LogP contribution in [0.2, 0.25) is 0 Å². The summed E-state index contributed by atoms with van der Waals surface area (Å²) in [6.45, 7) is 0.126. The normalized spacial score (nSPS) is 10.2. The zero-order chi connectivity index (χ0) is 15.4. The van der Waals surface area contributed by atoms with E-state index in [1.807, 2.05) is 0 Å². The van der Waals surface area contributed by atoms with E-state index in [9.17, 15) is 9.18 Å². The van der Waals surface area contributed by atoms with Crippen molar-refractivity contribution in [2.24, 2.45) is 0 Å². The molecule has 6 heteroatoms. The van der Waals surface area contributed by atoms with E-state index in [1.165, 1.54) is 12.1 Å². The fraction of sp³-hybridized carbons (Fsp3) is 0.133. The highest BCUT2D eigenvalue weighted by Crippen LogP contribution is 2.25. The van der Waals surface area contributed by atoms with Crippen LogP contribution in [0.3, 0.4) is 0 Å². The highest BCUT2D eigenvalue weighted by Gasteiger charge is 2.10. The number of hydrogen-bond acceptors (Lipinski definition) is 3. The third kappa shape index (κ3) is 3.72. The summed E-state index contributed by atoms with van der Waals surface area (Å²) in [6.07, 6.45) is 0. The summed E-state index contributed by atoms with van der Waals surface area (Å²) >= 11 is 3.38. The first kappa shape index (κ1) is 15.3. The van der Waals surface area contributed by atoms with E-state index in [0.29, 0.717) is 5.75 Å². The number of ether oxygens (including phenoxy) is 2. The summed E-state index contributed by atoms with van der Waals surface area (Å²) in [5.74, 6) is -1.24. The Labute approximate surface area is 129 Å². The van der Waals surface area contributed by atoms with Crippen LogP contribution in [0.1, 0.15) is 15.9 Å². The smallest absolute Gasteiger partial charge is 0.335 e. The predicted molar refractivity (Wildman–Crippen MR) is 78.4 cm³/mol. The number of halogens is 2. The summed E-state index contributed by atoms with van der Waals surface area (Å²) in [6, 6.07) is 8.89. The molecule has 0 bridgehead atoms. The van der Waals surface area contributed by atoms with Gasteiger partial charge in [-0.15, -0.1) is 0 Å². The highest BCUT2D eigenvalue weighted by atomic mass is 79.9. The van der Waals surface area contributed by atoms with Gasteiger partial charge in [0.15, 0.2) is 11.6 Å². The Morgan fingerprint density at radius 3 is 2.67 bits per heavy atom. The predicted octanol–water partition coefficient (Wildman–Crippen LogP) is 3.87. The number of benzene rings is 2. The van der Waals surface area contributed by atoms with Gasteiger partial charge in [0.1, 0.15) is 12.4 Å². The SMILES string of the molecule is COc1ccc(Br)c(COc2ccc(C(=O)O)cc2F)c1. The Bertz CT molecular complexity index is 673. The molecule has 0 fully saturated rings. The lowest BCUT2D eigenvalue weighted by molar-refractivity contribution is 0.0696. The molecule has 2 rings (SSSR count). The molecule has 0 spiro atoms. The summed E-state index contributed by atoms with van der Waals surface area (Å²) in [7, 11) is 1.55. The van der Waals surface area contributed by atoms with Crippen molar-refractivity contribution < 1.29 is 23.8 Å². The molecule has 110 valence electrons. The molecule has 4 nitrogen and oxygen atoms in total. The van der Waals surface area contributed by atoms with E-state index in [1.54, 1.807) is 25.3 Å². The highest BCUT2D eigenvalue weighted by molar-refractivity contribution is 9.10. The van der Waals surface area contributed by atoms with Gasteiger partial charge in [-0.1, -0.05) is 15.9 Å². The van der Waals surface area contributed by atoms with Gasteiger partial charge in [-0.25, -0.2) is 9.18 Å². The second kappa shape index (κ2) is 6.58. The second-order valence-corrected chi connectivity index (χ2v) is 5.05. The van der Waals surface area contributed by atoms with E-state index < -0.39 is 11.8 Å². The standard InChI is InChI=1S/C15H12BrFO4/c1-20-11-3-4-12(16)10(6-11)8-21-14-5-2-9(15(18)19)7-13(14)17/h2-7H,8H2,1H3,(H,18,19). The van der Waals surface area contributed by atoms with Crippen molar-refractivity contribution in [3.05, 3.63) is 57.8 Å². The minimum atomic E-state index is -1.18. The molecule has 0 unspecified atom stereocenters. The van der Waals surface area contributed by atoms with Crippen LogP contribution in [0, 0.1) is 5.82 Å². The number of hydrogen-bond donors (Lipinski definition) is 1. The molecule has 0 saturated carbocycles. The van der Waals surface area contributed by atoms with Gasteiger partial charge >= 0.3 is 5.97 Å². The second-order valence-electron chi connectivity index (χ2n) is 4.20. The van der Waals surface area contributed by atoms with Crippen LogP contribution < -0.4 is 9.47 Å². The van der Waals surface area contributed by atoms with Crippen molar-refractivity contribution >= 4 is 21.9 Å². The van der Waals surface area contributed by atoms with Gasteiger partial charge in [0, 0.05) is 10.0 Å². The summed E-state index contributed by atoms with van der Waals surface area (Å²) in [5.41, 5.74) is 0.665. The van der Waals surface area contributed by atoms with Crippen molar-refractivity contribution in [2.75, 3.05) is 7.11 Å². The van der Waals surface area contributed by atoms with E-state index in [4.69, 9.17) is 14.6 Å². The molecule has 0 saturated heterocycles. The number of carbonyl (C=O) groups is 1. The Morgan fingerprint density at radius 2 is 2.05 bits per heavy atom. The summed E-state index contributed by atoms with van der Waals surface area (Å²) in [4.78, 5) is 10.7. The van der Waals surface area contributed by atoms with Gasteiger partial charge < -0.3 is 14.6 Å². The number of aromatic carboxylic acids is 1. The Morgan fingerprint density at radius 1 is 1.29 bits per heavy atom. The zero-order valence-corrected chi connectivity index (χ0v) is 12.7. The van der Waals surface area contributed by atoms with Crippen LogP contribution in [-0.4, -0.2) is 18.2 Å². The van der Waals surface area contributed by atoms with Gasteiger partial charge in [0.25, 0.3) is 0 Å². The first-order valence-electron chi connectivity index (χ1n) is 5.99. The molecule has 1 N–H and O–H groups in total. The molecule has 0 aliphatic rings. The molecule has 2 aromatic rings. The van der Waals surface area contributed by atoms with Gasteiger partial charge in [-0.05, 0) is 36.4 Å². The van der Waals surface area contributed by atoms with E-state index in [-0.39, 0.29) is 17.9 Å². The minimum absolute atomic E-state index is 0.00489. The lowest BCUT2D eigenvalue weighted by atomic mass is 10.2. The maximum atomic E-state index is 13.7. The Balaban J connectivity index is 2.15. The topological polar surface area (TPSA) is 55.8 Å². The summed E-state index contributed by atoms with van der Waals surface area (Å²) in [5, 5.41) is 8.77. The number of carboxylic acid groups (broad SMARTS) is 1. The van der Waals surface area contributed by atoms with Gasteiger partial charge in [-0.2, -0.15) is 0 Å². The van der Waals surface area contributed by atoms with Crippen molar-refractivity contribution in [1.82, 2.24) is 0 Å². The summed E-state index contributed by atoms with van der Waals surface area (Å²) < 4.78 is 25.0. The Kier molecular flexibility index (Phi) is 4.80. The maximum Gasteiger partial charge on any atom is 0.335 e. The van der Waals surface area contributed by atoms with Crippen molar-refractivity contribution in [2.45, 2.75) is 6.61 Å². The van der Waals surface area contributed by atoms with Crippen molar-refractivity contribution in [3.63, 3.8) is 0 Å². The average molecular weight is 355 g/mol. The molecule has 0 radical (unpaired) electrons. The van der Waals surface area contributed by atoms with Gasteiger partial charge in [-0.3, -0.25) is 0 Å². The maximum absolute atomic E-state index is 13.7. The quantitative estimate of drug-likeness (QED) is 0.885. The van der Waals surface area contributed by atoms with Crippen LogP contribution in [0.5, 0.6) is 11.5 Å². The first-order valence-corrected chi connectivity index (χ1v) is 6.78. The monoisotopic (exact) mass is 354 g/mol. The van der Waals surface area contributed by atoms with Crippen LogP contribution >= 0.6 is 15.9 Å². The molecule has 0 aliphatic carbocycles. The van der Waals surface area contributed by atoms with Crippen molar-refractivity contribution in [3.8, 4) is 11.5 Å². The number of methoxy groups -OCH3 is 1. The molecule has 0 aromatic heterocycles. The molecule has 0 atom stereocenters. The van der Waals surface area contributed by atoms with Crippen LogP contribution in [0.4, 0.5) is 4.39 Å². The number of carboxylic acids is 1. The zero-order valence-electron chi connectivity index (χ0n) is 11.1. The fourth-order valence-corrected chi connectivity index (χ4v) is 2.06. The van der Waals surface area contributed by atoms with E-state index in [0.717, 1.165) is 16.1 Å². The fourth-order valence-electron chi connectivity index (χ4n) is 1.70. The minimum Gasteiger partial charge on any atom is -0.497 e.